The van der Waals surface area contributed by atoms with Gasteiger partial charge in [-0.2, -0.15) is 0 Å². The molecular weight excluding hydrogens is 302 g/mol. The maximum Gasteiger partial charge on any atom is 0.316 e. The van der Waals surface area contributed by atoms with E-state index in [1.54, 1.807) is 0 Å². The molecule has 5 heteroatoms. The maximum atomic E-state index is 11.3. The average molecular weight is 314 g/mol. The van der Waals surface area contributed by atoms with Crippen molar-refractivity contribution in [2.24, 2.45) is 0 Å². The van der Waals surface area contributed by atoms with E-state index in [0.29, 0.717) is 12.4 Å². The normalized spacial score (nSPS) is 10.7. The predicted molar refractivity (Wildman–Crippen MR) is 73.4 cm³/mol. The summed E-state index contributed by atoms with van der Waals surface area (Å²) in [5.74, 6) is 0.154. The quantitative estimate of drug-likeness (QED) is 0.693. The molecule has 1 aromatic carbocycles. The Balaban J connectivity index is 2.12. The minimum atomic E-state index is -0.182. The van der Waals surface area contributed by atoms with Crippen molar-refractivity contribution in [3.63, 3.8) is 0 Å². The monoisotopic (exact) mass is 313 g/mol. The lowest BCUT2D eigenvalue weighted by Gasteiger charge is -2.05. The minimum Gasteiger partial charge on any atom is -0.465 e. The van der Waals surface area contributed by atoms with Gasteiger partial charge in [0.05, 0.1) is 12.4 Å². The zero-order chi connectivity index (χ0) is 12.3. The fourth-order valence-electron chi connectivity index (χ4n) is 1.50. The highest BCUT2D eigenvalue weighted by Crippen LogP contribution is 2.31. The molecule has 0 radical (unpaired) electrons. The molecule has 0 fully saturated rings. The summed E-state index contributed by atoms with van der Waals surface area (Å²) in [5.41, 5.74) is 1.08. The van der Waals surface area contributed by atoms with Gasteiger partial charge in [-0.3, -0.25) is 4.79 Å². The summed E-state index contributed by atoms with van der Waals surface area (Å²) in [6, 6.07) is 6.08. The molecule has 0 unspecified atom stereocenters. The molecule has 0 amide bonds. The van der Waals surface area contributed by atoms with Crippen molar-refractivity contribution >= 4 is 44.6 Å². The van der Waals surface area contributed by atoms with E-state index >= 15 is 0 Å². The highest BCUT2D eigenvalue weighted by atomic mass is 79.9. The number of aromatic nitrogens is 1. The predicted octanol–water partition coefficient (Wildman–Crippen LogP) is 3.59. The molecule has 0 spiro atoms. The number of halogens is 1. The number of fused-ring (bicyclic) bond motifs is 1. The van der Waals surface area contributed by atoms with Crippen LogP contribution in [0.25, 0.3) is 10.9 Å². The van der Waals surface area contributed by atoms with Gasteiger partial charge in [0.2, 0.25) is 0 Å². The fourth-order valence-corrected chi connectivity index (χ4v) is 2.95. The average Bonchev–Trinajstić information content (AvgIpc) is 2.73. The van der Waals surface area contributed by atoms with Crippen molar-refractivity contribution in [1.82, 2.24) is 4.98 Å². The molecule has 90 valence electrons. The zero-order valence-electron chi connectivity index (χ0n) is 9.33. The molecule has 17 heavy (non-hydrogen) atoms. The number of nitrogens with one attached hydrogen (secondary N) is 1. The van der Waals surface area contributed by atoms with E-state index in [-0.39, 0.29) is 5.97 Å². The van der Waals surface area contributed by atoms with Crippen molar-refractivity contribution in [3.8, 4) is 0 Å². The molecule has 0 aliphatic rings. The second kappa shape index (κ2) is 5.60. The molecule has 0 saturated carbocycles. The van der Waals surface area contributed by atoms with Crippen LogP contribution in [-0.2, 0) is 9.53 Å². The van der Waals surface area contributed by atoms with Gasteiger partial charge in [0, 0.05) is 26.5 Å². The van der Waals surface area contributed by atoms with E-state index in [2.05, 4.69) is 27.0 Å². The number of hydrogen-bond acceptors (Lipinski definition) is 3. The Morgan fingerprint density at radius 3 is 3.12 bits per heavy atom. The summed E-state index contributed by atoms with van der Waals surface area (Å²) in [5, 5.41) is 1.14. The number of esters is 1. The number of hydrogen-bond donors (Lipinski definition) is 1. The summed E-state index contributed by atoms with van der Waals surface area (Å²) < 4.78 is 5.88. The van der Waals surface area contributed by atoms with Crippen LogP contribution in [-0.4, -0.2) is 23.3 Å². The fraction of sp³-hybridized carbons (Fsp3) is 0.250. The highest BCUT2D eigenvalue weighted by molar-refractivity contribution is 9.10. The molecule has 0 saturated heterocycles. The second-order valence-corrected chi connectivity index (χ2v) is 5.31. The first-order chi connectivity index (χ1) is 8.20. The van der Waals surface area contributed by atoms with Crippen LogP contribution in [0.3, 0.4) is 0 Å². The first-order valence-electron chi connectivity index (χ1n) is 5.25. The van der Waals surface area contributed by atoms with Crippen LogP contribution in [0.4, 0.5) is 0 Å². The summed E-state index contributed by atoms with van der Waals surface area (Å²) in [7, 11) is 0. The van der Waals surface area contributed by atoms with Gasteiger partial charge in [-0.15, -0.1) is 11.8 Å². The third kappa shape index (κ3) is 3.04. The maximum absolute atomic E-state index is 11.3. The Morgan fingerprint density at radius 2 is 2.35 bits per heavy atom. The Labute approximate surface area is 112 Å². The van der Waals surface area contributed by atoms with E-state index in [1.165, 1.54) is 11.8 Å². The van der Waals surface area contributed by atoms with E-state index in [1.807, 2.05) is 25.3 Å². The smallest absolute Gasteiger partial charge is 0.316 e. The van der Waals surface area contributed by atoms with Crippen LogP contribution >= 0.6 is 27.7 Å². The van der Waals surface area contributed by atoms with Crippen LogP contribution in [0.1, 0.15) is 6.92 Å². The van der Waals surface area contributed by atoms with Gasteiger partial charge in [-0.05, 0) is 41.1 Å². The number of carbonyl (C=O) groups is 1. The SMILES string of the molecule is CCOC(=O)CSc1cc2cc[nH]c2cc1Br. The summed E-state index contributed by atoms with van der Waals surface area (Å²) >= 11 is 4.98. The van der Waals surface area contributed by atoms with Gasteiger partial charge in [0.25, 0.3) is 0 Å². The van der Waals surface area contributed by atoms with Crippen LogP contribution in [0.5, 0.6) is 0 Å². The van der Waals surface area contributed by atoms with Crippen LogP contribution in [0, 0.1) is 0 Å². The van der Waals surface area contributed by atoms with Crippen molar-refractivity contribution in [3.05, 3.63) is 28.9 Å². The Kier molecular flexibility index (Phi) is 4.12. The third-order valence-corrected chi connectivity index (χ3v) is 4.20. The zero-order valence-corrected chi connectivity index (χ0v) is 11.7. The van der Waals surface area contributed by atoms with Crippen molar-refractivity contribution in [2.75, 3.05) is 12.4 Å². The molecule has 0 atom stereocenters. The molecule has 2 rings (SSSR count). The first kappa shape index (κ1) is 12.5. The van der Waals surface area contributed by atoms with Gasteiger partial charge < -0.3 is 9.72 Å². The third-order valence-electron chi connectivity index (χ3n) is 2.26. The van der Waals surface area contributed by atoms with Crippen LogP contribution in [0.2, 0.25) is 0 Å². The summed E-state index contributed by atoms with van der Waals surface area (Å²) in [6.45, 7) is 2.24. The minimum absolute atomic E-state index is 0.182. The summed E-state index contributed by atoms with van der Waals surface area (Å²) in [6.07, 6.45) is 1.90. The van der Waals surface area contributed by atoms with E-state index in [0.717, 1.165) is 20.3 Å². The Morgan fingerprint density at radius 1 is 1.53 bits per heavy atom. The Hall–Kier alpha value is -0.940. The van der Waals surface area contributed by atoms with Crippen molar-refractivity contribution < 1.29 is 9.53 Å². The Bertz CT molecular complexity index is 538. The second-order valence-electron chi connectivity index (χ2n) is 3.44. The number of thioether (sulfide) groups is 1. The molecule has 2 aromatic rings. The van der Waals surface area contributed by atoms with E-state index < -0.39 is 0 Å². The lowest BCUT2D eigenvalue weighted by molar-refractivity contribution is -0.139. The number of H-pyrrole nitrogens is 1. The van der Waals surface area contributed by atoms with Gasteiger partial charge in [0.1, 0.15) is 0 Å². The van der Waals surface area contributed by atoms with Crippen LogP contribution in [0.15, 0.2) is 33.8 Å². The number of benzene rings is 1. The lowest BCUT2D eigenvalue weighted by Crippen LogP contribution is -2.06. The molecule has 3 nitrogen and oxygen atoms in total. The van der Waals surface area contributed by atoms with Gasteiger partial charge in [0.15, 0.2) is 0 Å². The van der Waals surface area contributed by atoms with Gasteiger partial charge in [-0.1, -0.05) is 0 Å². The largest absolute Gasteiger partial charge is 0.465 e. The number of ether oxygens (including phenoxy) is 1. The molecule has 0 aliphatic carbocycles. The van der Waals surface area contributed by atoms with E-state index in [9.17, 15) is 4.79 Å². The first-order valence-corrected chi connectivity index (χ1v) is 7.03. The summed E-state index contributed by atoms with van der Waals surface area (Å²) in [4.78, 5) is 15.5. The topological polar surface area (TPSA) is 42.1 Å². The van der Waals surface area contributed by atoms with Gasteiger partial charge >= 0.3 is 5.97 Å². The van der Waals surface area contributed by atoms with Gasteiger partial charge in [-0.25, -0.2) is 0 Å². The highest BCUT2D eigenvalue weighted by Gasteiger charge is 2.08. The standard InChI is InChI=1S/C12H12BrNO2S/c1-2-16-12(15)7-17-11-5-8-3-4-14-10(8)6-9(11)13/h3-6,14H,2,7H2,1H3. The molecule has 0 aliphatic heterocycles. The van der Waals surface area contributed by atoms with Crippen molar-refractivity contribution in [2.45, 2.75) is 11.8 Å². The number of aromatic amines is 1. The molecule has 1 aromatic heterocycles. The molecule has 1 N–H and O–H groups in total. The number of carbonyl (C=O) groups excluding carboxylic acids is 1. The lowest BCUT2D eigenvalue weighted by atomic mass is 10.2. The number of rotatable bonds is 4. The molecule has 0 bridgehead atoms. The van der Waals surface area contributed by atoms with Crippen molar-refractivity contribution in [1.29, 1.82) is 0 Å². The molecule has 1 heterocycles. The van der Waals surface area contributed by atoms with Crippen LogP contribution < -0.4 is 0 Å². The van der Waals surface area contributed by atoms with E-state index in [4.69, 9.17) is 4.74 Å². The molecular formula is C12H12BrNO2S.